The van der Waals surface area contributed by atoms with Crippen LogP contribution in [0.25, 0.3) is 0 Å². The lowest BCUT2D eigenvalue weighted by Crippen LogP contribution is -2.34. The highest BCUT2D eigenvalue weighted by Crippen LogP contribution is 2.31. The summed E-state index contributed by atoms with van der Waals surface area (Å²) < 4.78 is 11.3. The number of methoxy groups -OCH3 is 1. The molecule has 1 saturated heterocycles. The van der Waals surface area contributed by atoms with E-state index in [1.807, 2.05) is 24.3 Å². The zero-order valence-electron chi connectivity index (χ0n) is 14.2. The quantitative estimate of drug-likeness (QED) is 0.644. The molecule has 0 atom stereocenters. The second kappa shape index (κ2) is 8.23. The van der Waals surface area contributed by atoms with E-state index in [4.69, 9.17) is 26.5 Å². The van der Waals surface area contributed by atoms with Gasteiger partial charge in [0.2, 0.25) is 0 Å². The van der Waals surface area contributed by atoms with E-state index in [-0.39, 0.29) is 0 Å². The summed E-state index contributed by atoms with van der Waals surface area (Å²) in [6.45, 7) is 3.53. The molecule has 1 fully saturated rings. The highest BCUT2D eigenvalue weighted by molar-refractivity contribution is 6.30. The molecule has 2 aromatic carbocycles. The van der Waals surface area contributed by atoms with Crippen LogP contribution in [-0.2, 0) is 0 Å². The maximum atomic E-state index is 8.65. The molecule has 0 saturated carbocycles. The molecule has 0 aliphatic carbocycles. The number of amidine groups is 1. The molecule has 0 spiro atoms. The highest BCUT2D eigenvalue weighted by atomic mass is 35.5. The molecular weight excluding hydrogens is 338 g/mol. The maximum Gasteiger partial charge on any atom is 0.142 e. The van der Waals surface area contributed by atoms with Gasteiger partial charge in [0.05, 0.1) is 12.7 Å². The lowest BCUT2D eigenvalue weighted by molar-refractivity contribution is 0.407. The van der Waals surface area contributed by atoms with Gasteiger partial charge in [-0.2, -0.15) is 0 Å². The number of benzene rings is 2. The minimum Gasteiger partial charge on any atom is -0.497 e. The van der Waals surface area contributed by atoms with Crippen LogP contribution < -0.4 is 14.8 Å². The van der Waals surface area contributed by atoms with Crippen LogP contribution >= 0.6 is 11.6 Å². The van der Waals surface area contributed by atoms with Gasteiger partial charge in [0.25, 0.3) is 0 Å². The van der Waals surface area contributed by atoms with Crippen LogP contribution in [0, 0.1) is 5.41 Å². The molecule has 1 aliphatic rings. The van der Waals surface area contributed by atoms with Crippen molar-refractivity contribution in [3.05, 3.63) is 53.1 Å². The Hall–Kier alpha value is -2.24. The number of rotatable bonds is 4. The van der Waals surface area contributed by atoms with E-state index < -0.39 is 0 Å². The van der Waals surface area contributed by atoms with E-state index in [0.29, 0.717) is 28.1 Å². The monoisotopic (exact) mass is 359 g/mol. The second-order valence-electron chi connectivity index (χ2n) is 5.86. The molecule has 2 aromatic rings. The fraction of sp³-hybridized carbons (Fsp3) is 0.316. The Morgan fingerprint density at radius 3 is 2.80 bits per heavy atom. The van der Waals surface area contributed by atoms with Gasteiger partial charge in [0.1, 0.15) is 23.1 Å². The summed E-state index contributed by atoms with van der Waals surface area (Å²) in [6.07, 6.45) is 1.02. The fourth-order valence-electron chi connectivity index (χ4n) is 2.81. The summed E-state index contributed by atoms with van der Waals surface area (Å²) in [6, 6.07) is 12.8. The maximum absolute atomic E-state index is 8.65. The number of hydrogen-bond donors (Lipinski definition) is 2. The van der Waals surface area contributed by atoms with E-state index in [9.17, 15) is 0 Å². The Balaban J connectivity index is 1.91. The van der Waals surface area contributed by atoms with Crippen molar-refractivity contribution in [2.75, 3.05) is 33.3 Å². The summed E-state index contributed by atoms with van der Waals surface area (Å²) in [5, 5.41) is 12.6. The molecule has 3 rings (SSSR count). The van der Waals surface area contributed by atoms with Gasteiger partial charge >= 0.3 is 0 Å². The van der Waals surface area contributed by atoms with Crippen LogP contribution in [0.5, 0.6) is 17.2 Å². The number of halogens is 1. The Labute approximate surface area is 153 Å². The summed E-state index contributed by atoms with van der Waals surface area (Å²) in [7, 11) is 1.62. The average Bonchev–Trinajstić information content (AvgIpc) is 2.90. The van der Waals surface area contributed by atoms with Crippen molar-refractivity contribution in [3.63, 3.8) is 0 Å². The largest absolute Gasteiger partial charge is 0.497 e. The molecule has 1 aliphatic heterocycles. The van der Waals surface area contributed by atoms with Crippen molar-refractivity contribution >= 4 is 17.4 Å². The van der Waals surface area contributed by atoms with E-state index in [2.05, 4.69) is 10.2 Å². The Morgan fingerprint density at radius 2 is 2.00 bits per heavy atom. The summed E-state index contributed by atoms with van der Waals surface area (Å²) in [5.74, 6) is 2.37. The number of ether oxygens (including phenoxy) is 2. The first-order chi connectivity index (χ1) is 12.2. The third-order valence-corrected chi connectivity index (χ3v) is 4.36. The van der Waals surface area contributed by atoms with Gasteiger partial charge in [-0.3, -0.25) is 5.41 Å². The van der Waals surface area contributed by atoms with E-state index in [1.165, 1.54) is 0 Å². The first-order valence-electron chi connectivity index (χ1n) is 8.33. The van der Waals surface area contributed by atoms with Gasteiger partial charge in [0.15, 0.2) is 0 Å². The summed E-state index contributed by atoms with van der Waals surface area (Å²) >= 11 is 6.05. The molecule has 6 heteroatoms. The van der Waals surface area contributed by atoms with Crippen molar-refractivity contribution in [1.82, 2.24) is 10.2 Å². The number of hydrogen-bond acceptors (Lipinski definition) is 4. The Bertz CT molecular complexity index is 743. The summed E-state index contributed by atoms with van der Waals surface area (Å²) in [4.78, 5) is 2.08. The van der Waals surface area contributed by atoms with Crippen LogP contribution in [0.2, 0.25) is 5.02 Å². The smallest absolute Gasteiger partial charge is 0.142 e. The zero-order chi connectivity index (χ0) is 17.6. The van der Waals surface area contributed by atoms with Crippen molar-refractivity contribution in [3.8, 4) is 17.2 Å². The van der Waals surface area contributed by atoms with Crippen molar-refractivity contribution < 1.29 is 9.47 Å². The van der Waals surface area contributed by atoms with Gasteiger partial charge in [0, 0.05) is 30.7 Å². The van der Waals surface area contributed by atoms with Crippen LogP contribution in [0.4, 0.5) is 0 Å². The molecule has 0 unspecified atom stereocenters. The standard InChI is InChI=1S/C19H22ClN3O2/c1-24-15-6-7-17(19(21)23-10-3-8-22-9-11-23)18(13-15)25-16-5-2-4-14(20)12-16/h2,4-7,12-13,21-22H,3,8-11H2,1H3. The predicted octanol–water partition coefficient (Wildman–Crippen LogP) is 3.76. The topological polar surface area (TPSA) is 57.6 Å². The van der Waals surface area contributed by atoms with Crippen molar-refractivity contribution in [1.29, 1.82) is 5.41 Å². The molecule has 25 heavy (non-hydrogen) atoms. The highest BCUT2D eigenvalue weighted by Gasteiger charge is 2.18. The third kappa shape index (κ3) is 4.44. The van der Waals surface area contributed by atoms with Gasteiger partial charge in [-0.05, 0) is 43.3 Å². The predicted molar refractivity (Wildman–Crippen MR) is 100 cm³/mol. The van der Waals surface area contributed by atoms with Gasteiger partial charge < -0.3 is 19.7 Å². The van der Waals surface area contributed by atoms with Crippen molar-refractivity contribution in [2.24, 2.45) is 0 Å². The first-order valence-corrected chi connectivity index (χ1v) is 8.71. The molecule has 5 nitrogen and oxygen atoms in total. The van der Waals surface area contributed by atoms with Crippen molar-refractivity contribution in [2.45, 2.75) is 6.42 Å². The third-order valence-electron chi connectivity index (χ3n) is 4.12. The fourth-order valence-corrected chi connectivity index (χ4v) is 2.99. The molecule has 0 radical (unpaired) electrons. The van der Waals surface area contributed by atoms with Gasteiger partial charge in [-0.1, -0.05) is 17.7 Å². The lowest BCUT2D eigenvalue weighted by atomic mass is 10.1. The van der Waals surface area contributed by atoms with E-state index in [1.54, 1.807) is 25.3 Å². The van der Waals surface area contributed by atoms with E-state index >= 15 is 0 Å². The number of nitrogens with one attached hydrogen (secondary N) is 2. The molecule has 2 N–H and O–H groups in total. The van der Waals surface area contributed by atoms with Crippen LogP contribution in [-0.4, -0.2) is 44.0 Å². The van der Waals surface area contributed by atoms with Crippen LogP contribution in [0.3, 0.4) is 0 Å². The summed E-state index contributed by atoms with van der Waals surface area (Å²) in [5.41, 5.74) is 0.739. The first kappa shape index (κ1) is 17.6. The molecule has 0 aromatic heterocycles. The second-order valence-corrected chi connectivity index (χ2v) is 6.30. The minimum absolute atomic E-state index is 0.461. The molecular formula is C19H22ClN3O2. The SMILES string of the molecule is COc1ccc(C(=N)N2CCCNCC2)c(Oc2cccc(Cl)c2)c1. The molecule has 1 heterocycles. The van der Waals surface area contributed by atoms with Gasteiger partial charge in [-0.15, -0.1) is 0 Å². The minimum atomic E-state index is 0.461. The van der Waals surface area contributed by atoms with Crippen LogP contribution in [0.1, 0.15) is 12.0 Å². The Morgan fingerprint density at radius 1 is 1.12 bits per heavy atom. The van der Waals surface area contributed by atoms with Crippen LogP contribution in [0.15, 0.2) is 42.5 Å². The lowest BCUT2D eigenvalue weighted by Gasteiger charge is -2.24. The number of nitrogens with zero attached hydrogens (tertiary/aromatic N) is 1. The molecule has 132 valence electrons. The Kier molecular flexibility index (Phi) is 5.79. The zero-order valence-corrected chi connectivity index (χ0v) is 15.0. The average molecular weight is 360 g/mol. The van der Waals surface area contributed by atoms with Gasteiger partial charge in [-0.25, -0.2) is 0 Å². The molecule has 0 bridgehead atoms. The van der Waals surface area contributed by atoms with E-state index in [0.717, 1.165) is 38.2 Å². The molecule has 0 amide bonds. The normalized spacial score (nSPS) is 14.7.